The van der Waals surface area contributed by atoms with Gasteiger partial charge in [0, 0.05) is 11.4 Å². The summed E-state index contributed by atoms with van der Waals surface area (Å²) in [4.78, 5) is 0. The maximum absolute atomic E-state index is 3.76. The minimum Gasteiger partial charge on any atom is -0.359 e. The predicted octanol–water partition coefficient (Wildman–Crippen LogP) is 10.4. The van der Waals surface area contributed by atoms with Crippen molar-refractivity contribution < 1.29 is 0 Å². The van der Waals surface area contributed by atoms with E-state index < -0.39 is 0 Å². The van der Waals surface area contributed by atoms with E-state index in [1.807, 2.05) is 0 Å². The number of allylic oxidation sites excluding steroid dienone is 12. The second kappa shape index (κ2) is 11.0. The highest BCUT2D eigenvalue weighted by atomic mass is 14.9. The van der Waals surface area contributed by atoms with Gasteiger partial charge in [0.05, 0.1) is 0 Å². The van der Waals surface area contributed by atoms with Crippen LogP contribution >= 0.6 is 0 Å². The van der Waals surface area contributed by atoms with Crippen molar-refractivity contribution in [2.45, 2.75) is 78.6 Å². The zero-order valence-corrected chi connectivity index (χ0v) is 24.0. The van der Waals surface area contributed by atoms with Gasteiger partial charge in [-0.3, -0.25) is 0 Å². The molecule has 39 heavy (non-hydrogen) atoms. The number of rotatable bonds is 8. The number of fused-ring (bicyclic) bond motifs is 1. The average molecular weight is 514 g/mol. The molecule has 4 aliphatic rings. The van der Waals surface area contributed by atoms with E-state index >= 15 is 0 Å². The van der Waals surface area contributed by atoms with E-state index in [2.05, 4.69) is 111 Å². The third-order valence-corrected chi connectivity index (χ3v) is 9.92. The maximum atomic E-state index is 3.76. The van der Waals surface area contributed by atoms with Crippen LogP contribution in [0.25, 0.3) is 11.1 Å². The van der Waals surface area contributed by atoms with Crippen LogP contribution in [-0.2, 0) is 12.8 Å². The van der Waals surface area contributed by atoms with Crippen molar-refractivity contribution in [1.82, 2.24) is 0 Å². The number of aryl methyl sites for hydroxylation is 2. The van der Waals surface area contributed by atoms with Gasteiger partial charge in [-0.2, -0.15) is 0 Å². The summed E-state index contributed by atoms with van der Waals surface area (Å²) in [7, 11) is 0. The van der Waals surface area contributed by atoms with Gasteiger partial charge in [-0.25, -0.2) is 0 Å². The van der Waals surface area contributed by atoms with Crippen LogP contribution < -0.4 is 5.32 Å². The van der Waals surface area contributed by atoms with Crippen molar-refractivity contribution in [1.29, 1.82) is 0 Å². The Hall–Kier alpha value is -3.32. The molecule has 0 fully saturated rings. The molecule has 0 spiro atoms. The van der Waals surface area contributed by atoms with Crippen LogP contribution in [0.5, 0.6) is 0 Å². The summed E-state index contributed by atoms with van der Waals surface area (Å²) in [5.41, 5.74) is 14.4. The summed E-state index contributed by atoms with van der Waals surface area (Å²) in [5, 5.41) is 3.76. The molecule has 0 aliphatic heterocycles. The zero-order chi connectivity index (χ0) is 26.8. The highest BCUT2D eigenvalue weighted by molar-refractivity contribution is 5.70. The Morgan fingerprint density at radius 3 is 2.33 bits per heavy atom. The third kappa shape index (κ3) is 5.42. The molecule has 1 N–H and O–H groups in total. The van der Waals surface area contributed by atoms with E-state index in [0.29, 0.717) is 11.3 Å². The maximum Gasteiger partial charge on any atom is 0.0388 e. The van der Waals surface area contributed by atoms with Crippen LogP contribution in [0.2, 0.25) is 0 Å². The van der Waals surface area contributed by atoms with Crippen molar-refractivity contribution >= 4 is 5.69 Å². The Labute approximate surface area is 235 Å². The summed E-state index contributed by atoms with van der Waals surface area (Å²) < 4.78 is 0. The van der Waals surface area contributed by atoms with E-state index in [0.717, 1.165) is 25.7 Å². The Bertz CT molecular complexity index is 1430. The van der Waals surface area contributed by atoms with Crippen molar-refractivity contribution in [2.24, 2.45) is 11.3 Å². The Kier molecular flexibility index (Phi) is 7.34. The van der Waals surface area contributed by atoms with Gasteiger partial charge in [0.25, 0.3) is 0 Å². The van der Waals surface area contributed by atoms with Gasteiger partial charge >= 0.3 is 0 Å². The number of benzene rings is 2. The van der Waals surface area contributed by atoms with Crippen LogP contribution in [-0.4, -0.2) is 0 Å². The van der Waals surface area contributed by atoms with Crippen LogP contribution in [0, 0.1) is 11.3 Å². The topological polar surface area (TPSA) is 12.0 Å². The van der Waals surface area contributed by atoms with Crippen LogP contribution in [0.4, 0.5) is 5.69 Å². The van der Waals surface area contributed by atoms with E-state index in [9.17, 15) is 0 Å². The first kappa shape index (κ1) is 25.9. The lowest BCUT2D eigenvalue weighted by molar-refractivity contribution is 0.206. The third-order valence-electron chi connectivity index (χ3n) is 9.92. The summed E-state index contributed by atoms with van der Waals surface area (Å²) in [6, 6.07) is 15.9. The Balaban J connectivity index is 1.17. The first-order valence-electron chi connectivity index (χ1n) is 15.2. The smallest absolute Gasteiger partial charge is 0.0388 e. The molecule has 0 saturated heterocycles. The summed E-state index contributed by atoms with van der Waals surface area (Å²) in [6.45, 7) is 7.18. The predicted molar refractivity (Wildman–Crippen MR) is 168 cm³/mol. The molecule has 6 rings (SSSR count). The lowest BCUT2D eigenvalue weighted by Gasteiger charge is -2.37. The minimum atomic E-state index is 0.387. The molecule has 200 valence electrons. The standard InChI is InChI=1S/C38H43N/c1-4-38(3,5-2)35-15-7-12-30(24-35)28-10-6-11-29(22-28)31-13-8-16-36(25-31)39-37-17-9-14-32(26-37)34-21-19-27-18-20-33(27)23-34/h7,9,11-15,17,19,21-23,25-26,35,39H,4-6,8,10,16,18,20,24H2,1-3H3. The number of hydrogen-bond donors (Lipinski definition) is 1. The van der Waals surface area contributed by atoms with Crippen LogP contribution in [0.3, 0.4) is 0 Å². The second-order valence-electron chi connectivity index (χ2n) is 12.2. The zero-order valence-electron chi connectivity index (χ0n) is 24.0. The molecule has 1 heteroatoms. The molecule has 4 aliphatic carbocycles. The molecule has 1 unspecified atom stereocenters. The number of nitrogens with one attached hydrogen (secondary N) is 1. The fourth-order valence-electron chi connectivity index (χ4n) is 6.66. The highest BCUT2D eigenvalue weighted by Gasteiger charge is 2.31. The molecule has 0 bridgehead atoms. The minimum absolute atomic E-state index is 0.387. The first-order chi connectivity index (χ1) is 19.0. The lowest BCUT2D eigenvalue weighted by Crippen LogP contribution is -2.26. The monoisotopic (exact) mass is 513 g/mol. The molecule has 2 aromatic rings. The molecule has 0 aromatic heterocycles. The van der Waals surface area contributed by atoms with Crippen LogP contribution in [0.1, 0.15) is 76.8 Å². The second-order valence-corrected chi connectivity index (χ2v) is 12.2. The molecule has 0 heterocycles. The summed E-state index contributed by atoms with van der Waals surface area (Å²) in [6.07, 6.45) is 27.4. The number of hydrogen-bond acceptors (Lipinski definition) is 1. The van der Waals surface area contributed by atoms with Gasteiger partial charge in [0.15, 0.2) is 0 Å². The molecular weight excluding hydrogens is 470 g/mol. The SMILES string of the molecule is CCC(C)(CC)C1C=CC=C(C2=CC(C3=CCCC(Nc4cccc(-c5ccc6c(c5)CC6)c4)=C3)=CCC2)C1. The van der Waals surface area contributed by atoms with Crippen molar-refractivity contribution in [3.8, 4) is 11.1 Å². The molecule has 1 nitrogen and oxygen atoms in total. The van der Waals surface area contributed by atoms with Gasteiger partial charge in [-0.1, -0.05) is 100 Å². The molecule has 0 saturated carbocycles. The molecular formula is C38H43N. The van der Waals surface area contributed by atoms with E-state index in [-0.39, 0.29) is 0 Å². The van der Waals surface area contributed by atoms with Crippen molar-refractivity contribution in [3.63, 3.8) is 0 Å². The normalized spacial score (nSPS) is 20.6. The average Bonchev–Trinajstić information content (AvgIpc) is 2.98. The summed E-state index contributed by atoms with van der Waals surface area (Å²) >= 11 is 0. The van der Waals surface area contributed by atoms with E-state index in [4.69, 9.17) is 0 Å². The van der Waals surface area contributed by atoms with Gasteiger partial charge in [0.1, 0.15) is 0 Å². The highest BCUT2D eigenvalue weighted by Crippen LogP contribution is 2.43. The molecule has 0 radical (unpaired) electrons. The Morgan fingerprint density at radius 2 is 1.56 bits per heavy atom. The molecule has 2 aromatic carbocycles. The van der Waals surface area contributed by atoms with E-state index in [1.165, 1.54) is 82.5 Å². The van der Waals surface area contributed by atoms with Gasteiger partial charge in [-0.15, -0.1) is 0 Å². The first-order valence-corrected chi connectivity index (χ1v) is 15.2. The van der Waals surface area contributed by atoms with Crippen molar-refractivity contribution in [2.75, 3.05) is 5.32 Å². The van der Waals surface area contributed by atoms with Crippen molar-refractivity contribution in [3.05, 3.63) is 124 Å². The lowest BCUT2D eigenvalue weighted by atomic mass is 9.68. The van der Waals surface area contributed by atoms with Gasteiger partial charge in [-0.05, 0) is 119 Å². The molecule has 1 atom stereocenters. The quantitative estimate of drug-likeness (QED) is 0.370. The fourth-order valence-corrected chi connectivity index (χ4v) is 6.66. The Morgan fingerprint density at radius 1 is 0.795 bits per heavy atom. The number of anilines is 1. The molecule has 0 amide bonds. The van der Waals surface area contributed by atoms with Gasteiger partial charge in [0.2, 0.25) is 0 Å². The van der Waals surface area contributed by atoms with E-state index in [1.54, 1.807) is 5.57 Å². The largest absolute Gasteiger partial charge is 0.359 e. The summed E-state index contributed by atoms with van der Waals surface area (Å²) in [5.74, 6) is 0.635. The van der Waals surface area contributed by atoms with Crippen LogP contribution in [0.15, 0.2) is 113 Å². The fraction of sp³-hybridized carbons (Fsp3) is 0.368. The van der Waals surface area contributed by atoms with Gasteiger partial charge < -0.3 is 5.32 Å².